The van der Waals surface area contributed by atoms with Crippen LogP contribution in [0.1, 0.15) is 15.9 Å². The van der Waals surface area contributed by atoms with Gasteiger partial charge in [-0.3, -0.25) is 14.5 Å². The topological polar surface area (TPSA) is 59.3 Å². The smallest absolute Gasteiger partial charge is 0.261 e. The van der Waals surface area contributed by atoms with Gasteiger partial charge in [0, 0.05) is 12.3 Å². The molecule has 21 heavy (non-hydrogen) atoms. The van der Waals surface area contributed by atoms with Gasteiger partial charge in [0.2, 0.25) is 5.95 Å². The molecule has 3 aromatic rings. The third kappa shape index (κ3) is 2.45. The van der Waals surface area contributed by atoms with E-state index in [4.69, 9.17) is 0 Å². The van der Waals surface area contributed by atoms with Crippen LogP contribution >= 0.6 is 0 Å². The van der Waals surface area contributed by atoms with Crippen molar-refractivity contribution in [1.29, 1.82) is 0 Å². The summed E-state index contributed by atoms with van der Waals surface area (Å²) in [5.74, 6) is -2.23. The van der Waals surface area contributed by atoms with E-state index in [1.165, 1.54) is 0 Å². The number of amides is 1. The Hall–Kier alpha value is -2.83. The number of aryl methyl sites for hydroxylation is 1. The summed E-state index contributed by atoms with van der Waals surface area (Å²) in [5.41, 5.74) is 1.29. The molecule has 0 aliphatic carbocycles. The SMILES string of the molecule is Cc1ccn2c(NC(=O)c3ccc(F)cc3F)nnc2c1. The normalized spacial score (nSPS) is 10.8. The first-order valence-electron chi connectivity index (χ1n) is 6.12. The van der Waals surface area contributed by atoms with Crippen molar-refractivity contribution in [3.05, 3.63) is 59.3 Å². The summed E-state index contributed by atoms with van der Waals surface area (Å²) in [6.07, 6.45) is 1.70. The van der Waals surface area contributed by atoms with Crippen molar-refractivity contribution in [3.63, 3.8) is 0 Å². The van der Waals surface area contributed by atoms with Crippen LogP contribution in [-0.2, 0) is 0 Å². The average Bonchev–Trinajstić information content (AvgIpc) is 2.80. The second-order valence-electron chi connectivity index (χ2n) is 4.53. The highest BCUT2D eigenvalue weighted by Gasteiger charge is 2.15. The largest absolute Gasteiger partial charge is 0.290 e. The minimum atomic E-state index is -0.933. The predicted octanol–water partition coefficient (Wildman–Crippen LogP) is 2.57. The van der Waals surface area contributed by atoms with Crippen LogP contribution in [0.5, 0.6) is 0 Å². The van der Waals surface area contributed by atoms with Gasteiger partial charge >= 0.3 is 0 Å². The predicted molar refractivity (Wildman–Crippen MR) is 72.0 cm³/mol. The van der Waals surface area contributed by atoms with E-state index in [2.05, 4.69) is 15.5 Å². The summed E-state index contributed by atoms with van der Waals surface area (Å²) in [6, 6.07) is 6.36. The first-order valence-corrected chi connectivity index (χ1v) is 6.12. The fourth-order valence-corrected chi connectivity index (χ4v) is 1.92. The number of pyridine rings is 1. The van der Waals surface area contributed by atoms with Gasteiger partial charge in [0.1, 0.15) is 11.6 Å². The molecular weight excluding hydrogens is 278 g/mol. The third-order valence-corrected chi connectivity index (χ3v) is 2.97. The van der Waals surface area contributed by atoms with Crippen LogP contribution in [0.4, 0.5) is 14.7 Å². The van der Waals surface area contributed by atoms with Gasteiger partial charge in [0.05, 0.1) is 5.56 Å². The molecule has 0 spiro atoms. The molecule has 0 aliphatic rings. The van der Waals surface area contributed by atoms with Crippen molar-refractivity contribution in [1.82, 2.24) is 14.6 Å². The van der Waals surface area contributed by atoms with Crippen molar-refractivity contribution in [2.45, 2.75) is 6.92 Å². The molecule has 106 valence electrons. The van der Waals surface area contributed by atoms with Gasteiger partial charge in [-0.05, 0) is 36.8 Å². The van der Waals surface area contributed by atoms with Crippen molar-refractivity contribution in [2.24, 2.45) is 0 Å². The van der Waals surface area contributed by atoms with E-state index in [1.807, 2.05) is 13.0 Å². The van der Waals surface area contributed by atoms with Crippen LogP contribution in [0.15, 0.2) is 36.5 Å². The Kier molecular flexibility index (Phi) is 3.09. The number of rotatable bonds is 2. The van der Waals surface area contributed by atoms with Gasteiger partial charge in [0.25, 0.3) is 5.91 Å². The monoisotopic (exact) mass is 288 g/mol. The number of hydrogen-bond donors (Lipinski definition) is 1. The van der Waals surface area contributed by atoms with Crippen LogP contribution in [0.3, 0.4) is 0 Å². The highest BCUT2D eigenvalue weighted by atomic mass is 19.1. The molecule has 0 saturated carbocycles. The number of halogens is 2. The second kappa shape index (κ2) is 4.93. The van der Waals surface area contributed by atoms with Crippen molar-refractivity contribution in [2.75, 3.05) is 5.32 Å². The summed E-state index contributed by atoms with van der Waals surface area (Å²) in [6.45, 7) is 1.90. The molecule has 0 saturated heterocycles. The molecule has 2 heterocycles. The Balaban J connectivity index is 1.93. The Labute approximate surface area is 118 Å². The highest BCUT2D eigenvalue weighted by molar-refractivity contribution is 6.03. The Morgan fingerprint density at radius 3 is 2.76 bits per heavy atom. The Morgan fingerprint density at radius 2 is 2.00 bits per heavy atom. The minimum Gasteiger partial charge on any atom is -0.290 e. The van der Waals surface area contributed by atoms with E-state index in [1.54, 1.807) is 16.7 Å². The van der Waals surface area contributed by atoms with Crippen LogP contribution in [0.2, 0.25) is 0 Å². The summed E-state index contributed by atoms with van der Waals surface area (Å²) >= 11 is 0. The molecule has 1 aromatic carbocycles. The van der Waals surface area contributed by atoms with E-state index < -0.39 is 17.5 Å². The van der Waals surface area contributed by atoms with Crippen molar-refractivity contribution < 1.29 is 13.6 Å². The van der Waals surface area contributed by atoms with E-state index in [0.717, 1.165) is 17.7 Å². The number of nitrogens with zero attached hydrogens (tertiary/aromatic N) is 3. The summed E-state index contributed by atoms with van der Waals surface area (Å²) in [4.78, 5) is 12.0. The lowest BCUT2D eigenvalue weighted by Gasteiger charge is -2.04. The number of anilines is 1. The Bertz CT molecular complexity index is 844. The van der Waals surface area contributed by atoms with Crippen LogP contribution < -0.4 is 5.32 Å². The van der Waals surface area contributed by atoms with Crippen LogP contribution in [0.25, 0.3) is 5.65 Å². The molecule has 3 rings (SSSR count). The first-order chi connectivity index (χ1) is 10.0. The fraction of sp³-hybridized carbons (Fsp3) is 0.0714. The maximum Gasteiger partial charge on any atom is 0.261 e. The quantitative estimate of drug-likeness (QED) is 0.788. The minimum absolute atomic E-state index is 0.165. The molecule has 0 fully saturated rings. The molecule has 0 atom stereocenters. The molecular formula is C14H10F2N4O. The fourth-order valence-electron chi connectivity index (χ4n) is 1.92. The molecule has 0 aliphatic heterocycles. The molecule has 7 heteroatoms. The number of nitrogens with one attached hydrogen (secondary N) is 1. The van der Waals surface area contributed by atoms with Gasteiger partial charge in [-0.25, -0.2) is 8.78 Å². The maximum absolute atomic E-state index is 13.6. The number of fused-ring (bicyclic) bond motifs is 1. The van der Waals surface area contributed by atoms with Gasteiger partial charge in [0.15, 0.2) is 5.65 Å². The van der Waals surface area contributed by atoms with Crippen LogP contribution in [0, 0.1) is 18.6 Å². The summed E-state index contributed by atoms with van der Waals surface area (Å²) < 4.78 is 28.0. The molecule has 1 N–H and O–H groups in total. The number of hydrogen-bond acceptors (Lipinski definition) is 3. The van der Waals surface area contributed by atoms with Gasteiger partial charge in [-0.2, -0.15) is 0 Å². The van der Waals surface area contributed by atoms with Crippen molar-refractivity contribution >= 4 is 17.5 Å². The second-order valence-corrected chi connectivity index (χ2v) is 4.53. The maximum atomic E-state index is 13.6. The zero-order valence-corrected chi connectivity index (χ0v) is 11.0. The van der Waals surface area contributed by atoms with E-state index in [-0.39, 0.29) is 11.5 Å². The number of carbonyl (C=O) groups excluding carboxylic acids is 1. The number of aromatic nitrogens is 3. The number of benzene rings is 1. The van der Waals surface area contributed by atoms with E-state index in [0.29, 0.717) is 11.7 Å². The third-order valence-electron chi connectivity index (χ3n) is 2.97. The van der Waals surface area contributed by atoms with Crippen LogP contribution in [-0.4, -0.2) is 20.5 Å². The molecule has 0 radical (unpaired) electrons. The average molecular weight is 288 g/mol. The zero-order valence-electron chi connectivity index (χ0n) is 11.0. The highest BCUT2D eigenvalue weighted by Crippen LogP contribution is 2.14. The molecule has 2 aromatic heterocycles. The van der Waals surface area contributed by atoms with E-state index in [9.17, 15) is 13.6 Å². The lowest BCUT2D eigenvalue weighted by atomic mass is 10.2. The molecule has 0 bridgehead atoms. The molecule has 0 unspecified atom stereocenters. The molecule has 1 amide bonds. The summed E-state index contributed by atoms with van der Waals surface area (Å²) in [5, 5.41) is 10.2. The summed E-state index contributed by atoms with van der Waals surface area (Å²) in [7, 11) is 0. The lowest BCUT2D eigenvalue weighted by Crippen LogP contribution is -2.16. The number of carbonyl (C=O) groups is 1. The van der Waals surface area contributed by atoms with Gasteiger partial charge in [-0.1, -0.05) is 0 Å². The van der Waals surface area contributed by atoms with Gasteiger partial charge < -0.3 is 0 Å². The first kappa shape index (κ1) is 13.2. The van der Waals surface area contributed by atoms with Gasteiger partial charge in [-0.15, -0.1) is 10.2 Å². The zero-order chi connectivity index (χ0) is 15.0. The lowest BCUT2D eigenvalue weighted by molar-refractivity contribution is 0.102. The Morgan fingerprint density at radius 1 is 1.19 bits per heavy atom. The van der Waals surface area contributed by atoms with E-state index >= 15 is 0 Å². The van der Waals surface area contributed by atoms with Crippen molar-refractivity contribution in [3.8, 4) is 0 Å². The standard InChI is InChI=1S/C14H10F2N4O/c1-8-4-5-20-12(6-8)18-19-14(20)17-13(21)10-3-2-9(15)7-11(10)16/h2-7H,1H3,(H,17,19,21). The molecule has 5 nitrogen and oxygen atoms in total.